The van der Waals surface area contributed by atoms with Gasteiger partial charge in [-0.2, -0.15) is 0 Å². The van der Waals surface area contributed by atoms with Crippen LogP contribution in [0.5, 0.6) is 0 Å². The van der Waals surface area contributed by atoms with Crippen molar-refractivity contribution >= 4 is 27.8 Å². The topological polar surface area (TPSA) is 53.9 Å². The molecule has 2 aromatic rings. The highest BCUT2D eigenvalue weighted by Gasteiger charge is 2.10. The highest BCUT2D eigenvalue weighted by atomic mass is 32.1. The van der Waals surface area contributed by atoms with Crippen LogP contribution in [-0.2, 0) is 6.42 Å². The molecule has 0 aliphatic carbocycles. The molecular formula is C12H19N5S2. The van der Waals surface area contributed by atoms with Gasteiger partial charge in [0.05, 0.1) is 9.88 Å². The van der Waals surface area contributed by atoms with Crippen molar-refractivity contribution in [1.29, 1.82) is 0 Å². The predicted molar refractivity (Wildman–Crippen MR) is 82.1 cm³/mol. The second kappa shape index (κ2) is 6.93. The second-order valence-corrected chi connectivity index (χ2v) is 6.15. The second-order valence-electron chi connectivity index (χ2n) is 4.06. The first-order valence-electron chi connectivity index (χ1n) is 6.45. The number of nitrogens with one attached hydrogen (secondary N) is 1. The van der Waals surface area contributed by atoms with Crippen molar-refractivity contribution < 1.29 is 0 Å². The molecule has 0 amide bonds. The Morgan fingerprint density at radius 2 is 2.00 bits per heavy atom. The van der Waals surface area contributed by atoms with Crippen LogP contribution in [0.4, 0.5) is 5.13 Å². The molecule has 0 aromatic carbocycles. The molecule has 0 bridgehead atoms. The summed E-state index contributed by atoms with van der Waals surface area (Å²) < 4.78 is 0. The summed E-state index contributed by atoms with van der Waals surface area (Å²) in [5.41, 5.74) is 0. The zero-order chi connectivity index (χ0) is 13.7. The summed E-state index contributed by atoms with van der Waals surface area (Å²) in [6.45, 7) is 7.64. The number of likely N-dealkylation sites (N-methyl/N-ethyl adjacent to an activating group) is 1. The van der Waals surface area contributed by atoms with E-state index >= 15 is 0 Å². The molecule has 0 saturated heterocycles. The lowest BCUT2D eigenvalue weighted by Crippen LogP contribution is -2.25. The van der Waals surface area contributed by atoms with Gasteiger partial charge in [-0.05, 0) is 13.1 Å². The zero-order valence-corrected chi connectivity index (χ0v) is 13.1. The van der Waals surface area contributed by atoms with Crippen LogP contribution < -0.4 is 5.32 Å². The summed E-state index contributed by atoms with van der Waals surface area (Å²) in [5, 5.41) is 14.2. The van der Waals surface area contributed by atoms with Crippen molar-refractivity contribution in [2.75, 3.05) is 32.0 Å². The van der Waals surface area contributed by atoms with E-state index in [-0.39, 0.29) is 0 Å². The lowest BCUT2D eigenvalue weighted by molar-refractivity contribution is 0.308. The number of nitrogens with zero attached hydrogens (tertiary/aromatic N) is 4. The van der Waals surface area contributed by atoms with Crippen LogP contribution in [0.3, 0.4) is 0 Å². The highest BCUT2D eigenvalue weighted by molar-refractivity contribution is 7.23. The van der Waals surface area contributed by atoms with E-state index in [4.69, 9.17) is 0 Å². The fourth-order valence-corrected chi connectivity index (χ4v) is 3.38. The Bertz CT molecular complexity index is 504. The molecule has 2 heterocycles. The van der Waals surface area contributed by atoms with E-state index in [1.54, 1.807) is 22.7 Å². The van der Waals surface area contributed by atoms with Crippen LogP contribution in [0, 0.1) is 0 Å². The third kappa shape index (κ3) is 3.71. The maximum Gasteiger partial charge on any atom is 0.205 e. The molecule has 104 valence electrons. The molecule has 5 nitrogen and oxygen atoms in total. The largest absolute Gasteiger partial charge is 0.363 e. The SMILES string of the molecule is CCN(CC)CCc1ncc(-c2nnc(NC)s2)s1. The average Bonchev–Trinajstić information content (AvgIpc) is 3.08. The van der Waals surface area contributed by atoms with Gasteiger partial charge in [-0.1, -0.05) is 25.2 Å². The molecule has 0 aliphatic rings. The molecule has 2 aromatic heterocycles. The number of aromatic nitrogens is 3. The first-order valence-corrected chi connectivity index (χ1v) is 8.08. The summed E-state index contributed by atoms with van der Waals surface area (Å²) in [5.74, 6) is 0. The van der Waals surface area contributed by atoms with Crippen LogP contribution in [-0.4, -0.2) is 46.8 Å². The summed E-state index contributed by atoms with van der Waals surface area (Å²) >= 11 is 3.27. The van der Waals surface area contributed by atoms with Crippen LogP contribution in [0.25, 0.3) is 9.88 Å². The van der Waals surface area contributed by atoms with Crippen molar-refractivity contribution in [1.82, 2.24) is 20.1 Å². The highest BCUT2D eigenvalue weighted by Crippen LogP contribution is 2.30. The third-order valence-electron chi connectivity index (χ3n) is 2.94. The first-order chi connectivity index (χ1) is 9.26. The van der Waals surface area contributed by atoms with E-state index in [1.807, 2.05) is 13.2 Å². The molecular weight excluding hydrogens is 278 g/mol. The Labute approximate surface area is 121 Å². The van der Waals surface area contributed by atoms with E-state index in [1.165, 1.54) is 5.01 Å². The van der Waals surface area contributed by atoms with E-state index in [0.29, 0.717) is 0 Å². The molecule has 2 rings (SSSR count). The Kier molecular flexibility index (Phi) is 5.24. The van der Waals surface area contributed by atoms with E-state index in [9.17, 15) is 0 Å². The minimum absolute atomic E-state index is 0.841. The summed E-state index contributed by atoms with van der Waals surface area (Å²) in [6, 6.07) is 0. The maximum atomic E-state index is 4.48. The van der Waals surface area contributed by atoms with Gasteiger partial charge in [-0.15, -0.1) is 21.5 Å². The Morgan fingerprint density at radius 3 is 2.63 bits per heavy atom. The molecule has 0 atom stereocenters. The Balaban J connectivity index is 1.98. The molecule has 0 fully saturated rings. The fraction of sp³-hybridized carbons (Fsp3) is 0.583. The van der Waals surface area contributed by atoms with Gasteiger partial charge in [0, 0.05) is 26.2 Å². The van der Waals surface area contributed by atoms with Crippen LogP contribution in [0.15, 0.2) is 6.20 Å². The lowest BCUT2D eigenvalue weighted by Gasteiger charge is -2.16. The average molecular weight is 297 g/mol. The quantitative estimate of drug-likeness (QED) is 0.851. The minimum Gasteiger partial charge on any atom is -0.363 e. The Morgan fingerprint density at radius 1 is 1.21 bits per heavy atom. The molecule has 0 saturated carbocycles. The van der Waals surface area contributed by atoms with Gasteiger partial charge in [0.1, 0.15) is 0 Å². The molecule has 0 aliphatic heterocycles. The van der Waals surface area contributed by atoms with Gasteiger partial charge < -0.3 is 10.2 Å². The van der Waals surface area contributed by atoms with Gasteiger partial charge in [-0.25, -0.2) is 4.98 Å². The smallest absolute Gasteiger partial charge is 0.205 e. The van der Waals surface area contributed by atoms with Crippen molar-refractivity contribution in [3.05, 3.63) is 11.2 Å². The monoisotopic (exact) mass is 297 g/mol. The van der Waals surface area contributed by atoms with Crippen LogP contribution in [0.1, 0.15) is 18.9 Å². The molecule has 7 heteroatoms. The molecule has 0 spiro atoms. The van der Waals surface area contributed by atoms with Crippen molar-refractivity contribution in [3.8, 4) is 9.88 Å². The zero-order valence-electron chi connectivity index (χ0n) is 11.5. The number of rotatable bonds is 7. The molecule has 0 radical (unpaired) electrons. The number of anilines is 1. The first kappa shape index (κ1) is 14.4. The van der Waals surface area contributed by atoms with Gasteiger partial charge in [0.2, 0.25) is 5.13 Å². The standard InChI is InChI=1S/C12H19N5S2/c1-4-17(5-2)7-6-10-14-8-9(18-10)11-15-16-12(13-3)19-11/h8H,4-7H2,1-3H3,(H,13,16). The predicted octanol–water partition coefficient (Wildman–Crippen LogP) is 2.59. The van der Waals surface area contributed by atoms with E-state index in [2.05, 4.69) is 39.2 Å². The molecule has 0 unspecified atom stereocenters. The fourth-order valence-electron chi connectivity index (χ4n) is 1.74. The molecule has 1 N–H and O–H groups in total. The van der Waals surface area contributed by atoms with Crippen molar-refractivity contribution in [3.63, 3.8) is 0 Å². The van der Waals surface area contributed by atoms with Crippen LogP contribution >= 0.6 is 22.7 Å². The Hall–Kier alpha value is -1.05. The summed E-state index contributed by atoms with van der Waals surface area (Å²) in [6.07, 6.45) is 2.91. The maximum absolute atomic E-state index is 4.48. The van der Waals surface area contributed by atoms with Gasteiger partial charge in [0.15, 0.2) is 5.01 Å². The van der Waals surface area contributed by atoms with Gasteiger partial charge in [-0.3, -0.25) is 0 Å². The van der Waals surface area contributed by atoms with Crippen molar-refractivity contribution in [2.45, 2.75) is 20.3 Å². The number of hydrogen-bond donors (Lipinski definition) is 1. The summed E-state index contributed by atoms with van der Waals surface area (Å²) in [4.78, 5) is 7.99. The lowest BCUT2D eigenvalue weighted by atomic mass is 10.4. The van der Waals surface area contributed by atoms with E-state index < -0.39 is 0 Å². The molecule has 19 heavy (non-hydrogen) atoms. The van der Waals surface area contributed by atoms with Gasteiger partial charge >= 0.3 is 0 Å². The van der Waals surface area contributed by atoms with Crippen LogP contribution in [0.2, 0.25) is 0 Å². The summed E-state index contributed by atoms with van der Waals surface area (Å²) in [7, 11) is 1.85. The minimum atomic E-state index is 0.841. The number of hydrogen-bond acceptors (Lipinski definition) is 7. The third-order valence-corrected chi connectivity index (χ3v) is 5.11. The number of thiazole rings is 1. The van der Waals surface area contributed by atoms with Gasteiger partial charge in [0.25, 0.3) is 0 Å². The van der Waals surface area contributed by atoms with Crippen molar-refractivity contribution in [2.24, 2.45) is 0 Å². The van der Waals surface area contributed by atoms with E-state index in [0.717, 1.165) is 41.1 Å². The normalized spacial score (nSPS) is 11.2.